The third-order valence-corrected chi connectivity index (χ3v) is 6.88. The van der Waals surface area contributed by atoms with Crippen molar-refractivity contribution in [3.05, 3.63) is 35.9 Å². The molecule has 6 atom stereocenters. The molecular formula is C22H29FN2O3. The molecule has 0 aromatic heterocycles. The molecule has 4 rings (SSSR count). The van der Waals surface area contributed by atoms with Crippen molar-refractivity contribution in [1.82, 2.24) is 10.2 Å². The number of nitrogens with one attached hydrogen (secondary N) is 1. The lowest BCUT2D eigenvalue weighted by atomic mass is 9.94. The van der Waals surface area contributed by atoms with Gasteiger partial charge in [-0.25, -0.2) is 4.39 Å². The van der Waals surface area contributed by atoms with Crippen LogP contribution in [0.1, 0.15) is 38.7 Å². The summed E-state index contributed by atoms with van der Waals surface area (Å²) in [6.45, 7) is 4.44. The molecule has 2 bridgehead atoms. The summed E-state index contributed by atoms with van der Waals surface area (Å²) in [7, 11) is 0. The number of carbonyl (C=O) groups excluding carboxylic acids is 2. The third-order valence-electron chi connectivity index (χ3n) is 6.88. The van der Waals surface area contributed by atoms with Gasteiger partial charge in [-0.05, 0) is 36.7 Å². The minimum Gasteiger partial charge on any atom is -0.367 e. The number of nitrogens with zero attached hydrogens (tertiary/aromatic N) is 1. The van der Waals surface area contributed by atoms with Gasteiger partial charge in [-0.3, -0.25) is 9.59 Å². The second-order valence-electron chi connectivity index (χ2n) is 8.62. The van der Waals surface area contributed by atoms with Gasteiger partial charge >= 0.3 is 0 Å². The third kappa shape index (κ3) is 3.66. The molecule has 0 unspecified atom stereocenters. The molecule has 1 saturated carbocycles. The summed E-state index contributed by atoms with van der Waals surface area (Å²) in [4.78, 5) is 26.9. The van der Waals surface area contributed by atoms with Crippen molar-refractivity contribution in [2.45, 2.75) is 64.0 Å². The summed E-state index contributed by atoms with van der Waals surface area (Å²) in [5.74, 6) is 0.652. The molecule has 2 aliphatic heterocycles. The largest absolute Gasteiger partial charge is 0.367 e. The van der Waals surface area contributed by atoms with E-state index in [1.807, 2.05) is 35.2 Å². The van der Waals surface area contributed by atoms with Gasteiger partial charge < -0.3 is 15.0 Å². The molecule has 6 heteroatoms. The van der Waals surface area contributed by atoms with Gasteiger partial charge in [0.1, 0.15) is 12.8 Å². The van der Waals surface area contributed by atoms with Gasteiger partial charge in [0.15, 0.2) is 0 Å². The number of fused-ring (bicyclic) bond motifs is 2. The molecular weight excluding hydrogens is 359 g/mol. The highest BCUT2D eigenvalue weighted by atomic mass is 19.1. The normalized spacial score (nSPS) is 36.2. The molecule has 0 spiro atoms. The van der Waals surface area contributed by atoms with Gasteiger partial charge in [-0.1, -0.05) is 44.2 Å². The summed E-state index contributed by atoms with van der Waals surface area (Å²) < 4.78 is 20.6. The van der Waals surface area contributed by atoms with Gasteiger partial charge in [0, 0.05) is 12.0 Å². The van der Waals surface area contributed by atoms with Crippen LogP contribution in [0.3, 0.4) is 0 Å². The molecule has 5 nitrogen and oxygen atoms in total. The Bertz CT molecular complexity index is 720. The maximum absolute atomic E-state index is 15.1. The van der Waals surface area contributed by atoms with Crippen LogP contribution in [0.15, 0.2) is 30.3 Å². The van der Waals surface area contributed by atoms with E-state index in [2.05, 4.69) is 19.2 Å². The van der Waals surface area contributed by atoms with E-state index < -0.39 is 18.3 Å². The lowest BCUT2D eigenvalue weighted by molar-refractivity contribution is -0.141. The molecule has 2 saturated heterocycles. The summed E-state index contributed by atoms with van der Waals surface area (Å²) in [5, 5.41) is 2.80. The average Bonchev–Trinajstić information content (AvgIpc) is 3.12. The van der Waals surface area contributed by atoms with E-state index in [9.17, 15) is 9.59 Å². The highest BCUT2D eigenvalue weighted by Gasteiger charge is 2.56. The van der Waals surface area contributed by atoms with Crippen LogP contribution >= 0.6 is 0 Å². The van der Waals surface area contributed by atoms with Gasteiger partial charge in [0.2, 0.25) is 11.8 Å². The predicted molar refractivity (Wildman–Crippen MR) is 103 cm³/mol. The Morgan fingerprint density at radius 2 is 1.89 bits per heavy atom. The number of rotatable bonds is 6. The van der Waals surface area contributed by atoms with Crippen LogP contribution in [0.4, 0.5) is 4.39 Å². The Hall–Kier alpha value is -1.95. The van der Waals surface area contributed by atoms with Crippen LogP contribution in [0.25, 0.3) is 0 Å². The zero-order chi connectivity index (χ0) is 19.8. The first-order chi connectivity index (χ1) is 13.5. The molecule has 1 aromatic carbocycles. The van der Waals surface area contributed by atoms with E-state index in [1.165, 1.54) is 0 Å². The minimum absolute atomic E-state index is 0.0417. The number of piperidine rings is 1. The van der Waals surface area contributed by atoms with E-state index in [-0.39, 0.29) is 30.4 Å². The van der Waals surface area contributed by atoms with Crippen LogP contribution in [-0.4, -0.2) is 47.6 Å². The van der Waals surface area contributed by atoms with E-state index in [0.717, 1.165) is 12.0 Å². The maximum atomic E-state index is 15.1. The Balaban J connectivity index is 1.29. The number of carbonyl (C=O) groups is 2. The lowest BCUT2D eigenvalue weighted by Crippen LogP contribution is -2.60. The maximum Gasteiger partial charge on any atom is 0.246 e. The summed E-state index contributed by atoms with van der Waals surface area (Å²) in [5.41, 5.74) is 0.993. The van der Waals surface area contributed by atoms with Crippen molar-refractivity contribution in [1.29, 1.82) is 0 Å². The number of ether oxygens (including phenoxy) is 1. The molecule has 0 radical (unpaired) electrons. The molecule has 3 aliphatic rings. The highest BCUT2D eigenvalue weighted by Crippen LogP contribution is 2.49. The second kappa shape index (κ2) is 7.82. The SMILES string of the molecule is C[C@H]1C(C(=O)N2[C@@H]3CC[C@H]2[C@H](F)[C@@H](NC(=O)COCc2ccccc2)C3)[C@@H]1C. The molecule has 152 valence electrons. The minimum atomic E-state index is -1.22. The molecule has 1 N–H and O–H groups in total. The van der Waals surface area contributed by atoms with Crippen molar-refractivity contribution < 1.29 is 18.7 Å². The van der Waals surface area contributed by atoms with E-state index in [4.69, 9.17) is 4.74 Å². The van der Waals surface area contributed by atoms with Gasteiger partial charge in [0.25, 0.3) is 0 Å². The lowest BCUT2D eigenvalue weighted by Gasteiger charge is -2.41. The molecule has 2 heterocycles. The van der Waals surface area contributed by atoms with Crippen molar-refractivity contribution in [2.24, 2.45) is 17.8 Å². The monoisotopic (exact) mass is 388 g/mol. The van der Waals surface area contributed by atoms with Gasteiger partial charge in [-0.2, -0.15) is 0 Å². The first kappa shape index (κ1) is 19.4. The predicted octanol–water partition coefficient (Wildman–Crippen LogP) is 2.69. The van der Waals surface area contributed by atoms with Crippen molar-refractivity contribution >= 4 is 11.8 Å². The second-order valence-corrected chi connectivity index (χ2v) is 8.62. The first-order valence-corrected chi connectivity index (χ1v) is 10.3. The van der Waals surface area contributed by atoms with E-state index in [0.29, 0.717) is 31.3 Å². The molecule has 1 aliphatic carbocycles. The highest BCUT2D eigenvalue weighted by molar-refractivity contribution is 5.83. The zero-order valence-corrected chi connectivity index (χ0v) is 16.5. The van der Waals surface area contributed by atoms with E-state index >= 15 is 4.39 Å². The van der Waals surface area contributed by atoms with Crippen LogP contribution in [0.2, 0.25) is 0 Å². The fourth-order valence-electron chi connectivity index (χ4n) is 5.00. The zero-order valence-electron chi connectivity index (χ0n) is 16.5. The molecule has 2 amide bonds. The Kier molecular flexibility index (Phi) is 5.41. The van der Waals surface area contributed by atoms with Crippen molar-refractivity contribution in [3.8, 4) is 0 Å². The number of amides is 2. The number of hydrogen-bond donors (Lipinski definition) is 1. The average molecular weight is 388 g/mol. The number of halogens is 1. The number of hydrogen-bond acceptors (Lipinski definition) is 3. The van der Waals surface area contributed by atoms with Crippen LogP contribution in [0, 0.1) is 17.8 Å². The quantitative estimate of drug-likeness (QED) is 0.815. The van der Waals surface area contributed by atoms with Crippen LogP contribution in [0.5, 0.6) is 0 Å². The Morgan fingerprint density at radius 3 is 2.57 bits per heavy atom. The summed E-state index contributed by atoms with van der Waals surface area (Å²) in [6.07, 6.45) is 0.779. The first-order valence-electron chi connectivity index (χ1n) is 10.3. The smallest absolute Gasteiger partial charge is 0.246 e. The Morgan fingerprint density at radius 1 is 1.18 bits per heavy atom. The van der Waals surface area contributed by atoms with Gasteiger partial charge in [-0.15, -0.1) is 0 Å². The van der Waals surface area contributed by atoms with Gasteiger partial charge in [0.05, 0.1) is 18.7 Å². The van der Waals surface area contributed by atoms with Crippen molar-refractivity contribution in [3.63, 3.8) is 0 Å². The van der Waals surface area contributed by atoms with Crippen LogP contribution in [-0.2, 0) is 20.9 Å². The summed E-state index contributed by atoms with van der Waals surface area (Å²) in [6, 6.07) is 8.72. The summed E-state index contributed by atoms with van der Waals surface area (Å²) >= 11 is 0. The molecule has 3 fully saturated rings. The number of alkyl halides is 1. The van der Waals surface area contributed by atoms with Crippen LogP contribution < -0.4 is 5.32 Å². The topological polar surface area (TPSA) is 58.6 Å². The molecule has 1 aromatic rings. The number of benzene rings is 1. The Labute approximate surface area is 165 Å². The fourth-order valence-corrected chi connectivity index (χ4v) is 5.00. The van der Waals surface area contributed by atoms with Crippen molar-refractivity contribution in [2.75, 3.05) is 6.61 Å². The molecule has 28 heavy (non-hydrogen) atoms. The fraction of sp³-hybridized carbons (Fsp3) is 0.636. The standard InChI is InChI=1S/C22H29FN2O3/c1-13-14(2)20(13)22(27)25-16-8-9-18(25)21(23)17(10-16)24-19(26)12-28-11-15-6-4-3-5-7-15/h3-7,13-14,16-18,20-21H,8-12H2,1-2H3,(H,24,26)/t13-,14-,16-,17+,18+,21-/m1/s1. The van der Waals surface area contributed by atoms with E-state index in [1.54, 1.807) is 0 Å².